The number of Topliss-reactive ketones (excluding diaryl/α,β-unsaturated/α-hetero) is 1. The second-order valence-electron chi connectivity index (χ2n) is 8.35. The lowest BCUT2D eigenvalue weighted by atomic mass is 9.93. The molecule has 3 aromatic rings. The Labute approximate surface area is 208 Å². The van der Waals surface area contributed by atoms with Crippen LogP contribution >= 0.6 is 27.3 Å². The Balaban J connectivity index is 1.70. The maximum atomic E-state index is 13.7. The fourth-order valence-corrected chi connectivity index (χ4v) is 5.70. The second kappa shape index (κ2) is 8.56. The van der Waals surface area contributed by atoms with Gasteiger partial charge in [-0.3, -0.25) is 14.2 Å². The molecular weight excluding hydrogens is 518 g/mol. The van der Waals surface area contributed by atoms with Gasteiger partial charge >= 0.3 is 0 Å². The third-order valence-corrected chi connectivity index (χ3v) is 7.57. The van der Waals surface area contributed by atoms with Crippen LogP contribution in [0.5, 0.6) is 11.5 Å². The Morgan fingerprint density at radius 3 is 2.53 bits per heavy atom. The molecule has 0 saturated carbocycles. The number of benzene rings is 2. The number of hydrogen-bond acceptors (Lipinski definition) is 7. The molecule has 0 radical (unpaired) electrons. The van der Waals surface area contributed by atoms with E-state index in [0.29, 0.717) is 32.1 Å². The number of anilines is 1. The number of aromatic nitrogens is 1. The van der Waals surface area contributed by atoms with E-state index in [9.17, 15) is 9.59 Å². The maximum Gasteiger partial charge on any atom is 0.271 e. The molecule has 1 atom stereocenters. The average Bonchev–Trinajstić information content (AvgIpc) is 3.36. The van der Waals surface area contributed by atoms with E-state index in [-0.39, 0.29) is 18.1 Å². The van der Waals surface area contributed by atoms with Crippen LogP contribution in [0, 0.1) is 0 Å². The number of halogens is 1. The minimum absolute atomic E-state index is 0.101. The van der Waals surface area contributed by atoms with Gasteiger partial charge in [0.1, 0.15) is 0 Å². The van der Waals surface area contributed by atoms with Gasteiger partial charge in [0.25, 0.3) is 5.56 Å². The molecule has 0 aliphatic carbocycles. The Morgan fingerprint density at radius 1 is 1.21 bits per heavy atom. The van der Waals surface area contributed by atoms with Crippen molar-refractivity contribution in [2.45, 2.75) is 19.9 Å². The average molecular weight is 540 g/mol. The molecule has 0 bridgehead atoms. The lowest BCUT2D eigenvalue weighted by molar-refractivity contribution is -0.114. The van der Waals surface area contributed by atoms with Crippen molar-refractivity contribution in [2.75, 3.05) is 25.8 Å². The van der Waals surface area contributed by atoms with Gasteiger partial charge in [-0.15, -0.1) is 0 Å². The highest BCUT2D eigenvalue weighted by atomic mass is 79.9. The number of fused-ring (bicyclic) bond motifs is 2. The Bertz CT molecular complexity index is 1530. The van der Waals surface area contributed by atoms with E-state index in [4.69, 9.17) is 9.47 Å². The van der Waals surface area contributed by atoms with Gasteiger partial charge in [0, 0.05) is 35.5 Å². The van der Waals surface area contributed by atoms with Crippen LogP contribution in [0.25, 0.3) is 6.08 Å². The van der Waals surface area contributed by atoms with Crippen molar-refractivity contribution in [2.24, 2.45) is 4.99 Å². The van der Waals surface area contributed by atoms with E-state index >= 15 is 0 Å². The number of carbonyl (C=O) groups excluding carboxylic acids is 1. The number of ketones is 1. The van der Waals surface area contributed by atoms with Gasteiger partial charge in [-0.2, -0.15) is 0 Å². The molecule has 0 saturated heterocycles. The van der Waals surface area contributed by atoms with Crippen LogP contribution in [0.4, 0.5) is 5.69 Å². The summed E-state index contributed by atoms with van der Waals surface area (Å²) >= 11 is 4.86. The first-order valence-electron chi connectivity index (χ1n) is 10.6. The summed E-state index contributed by atoms with van der Waals surface area (Å²) in [6.07, 6.45) is 1.81. The van der Waals surface area contributed by atoms with Crippen LogP contribution in [0.2, 0.25) is 0 Å². The van der Waals surface area contributed by atoms with Crippen molar-refractivity contribution in [3.8, 4) is 11.5 Å². The van der Waals surface area contributed by atoms with E-state index in [1.54, 1.807) is 4.57 Å². The van der Waals surface area contributed by atoms with Crippen LogP contribution in [0.15, 0.2) is 61.9 Å². The molecule has 2 aromatic carbocycles. The van der Waals surface area contributed by atoms with Crippen molar-refractivity contribution in [1.82, 2.24) is 4.57 Å². The lowest BCUT2D eigenvalue weighted by Gasteiger charge is -2.25. The summed E-state index contributed by atoms with van der Waals surface area (Å²) in [4.78, 5) is 33.5. The Morgan fingerprint density at radius 2 is 1.88 bits per heavy atom. The summed E-state index contributed by atoms with van der Waals surface area (Å²) in [5, 5.41) is 0. The molecule has 1 unspecified atom stereocenters. The van der Waals surface area contributed by atoms with Crippen molar-refractivity contribution in [3.63, 3.8) is 0 Å². The van der Waals surface area contributed by atoms with Crippen LogP contribution in [-0.2, 0) is 4.79 Å². The molecule has 174 valence electrons. The largest absolute Gasteiger partial charge is 0.454 e. The van der Waals surface area contributed by atoms with Crippen LogP contribution in [0.3, 0.4) is 0 Å². The minimum Gasteiger partial charge on any atom is -0.454 e. The van der Waals surface area contributed by atoms with E-state index < -0.39 is 6.04 Å². The molecule has 0 spiro atoms. The molecular formula is C25H22BrN3O4S. The molecule has 34 heavy (non-hydrogen) atoms. The van der Waals surface area contributed by atoms with Gasteiger partial charge < -0.3 is 14.4 Å². The van der Waals surface area contributed by atoms with Gasteiger partial charge in [0.05, 0.1) is 10.6 Å². The Kier molecular flexibility index (Phi) is 5.69. The molecule has 1 aromatic heterocycles. The molecule has 2 aliphatic rings. The van der Waals surface area contributed by atoms with Crippen LogP contribution in [-0.4, -0.2) is 31.2 Å². The van der Waals surface area contributed by atoms with Crippen LogP contribution < -0.4 is 29.3 Å². The third kappa shape index (κ3) is 3.78. The first-order chi connectivity index (χ1) is 16.2. The molecule has 0 fully saturated rings. The summed E-state index contributed by atoms with van der Waals surface area (Å²) in [5.41, 5.74) is 3.66. The van der Waals surface area contributed by atoms with Gasteiger partial charge in [-0.05, 0) is 55.3 Å². The predicted octanol–water partition coefficient (Wildman–Crippen LogP) is 3.38. The monoisotopic (exact) mass is 539 g/mol. The van der Waals surface area contributed by atoms with Crippen molar-refractivity contribution in [3.05, 3.63) is 83.0 Å². The number of allylic oxidation sites excluding steroid dienone is 2. The highest BCUT2D eigenvalue weighted by molar-refractivity contribution is 9.10. The standard InChI is InChI=1S/C25H22BrN3O4S/c1-13-22(14(2)30)23(15-5-7-17(8-6-15)28(3)4)29-24(31)21(34-25(29)27-13)10-16-9-19-20(11-18(16)26)33-12-32-19/h5-11,23H,12H2,1-4H3. The smallest absolute Gasteiger partial charge is 0.271 e. The maximum absolute atomic E-state index is 13.7. The zero-order valence-electron chi connectivity index (χ0n) is 19.1. The number of nitrogens with zero attached hydrogens (tertiary/aromatic N) is 3. The Hall–Kier alpha value is -3.17. The van der Waals surface area contributed by atoms with Crippen molar-refractivity contribution < 1.29 is 14.3 Å². The fraction of sp³-hybridized carbons (Fsp3) is 0.240. The lowest BCUT2D eigenvalue weighted by Crippen LogP contribution is -2.39. The van der Waals surface area contributed by atoms with Crippen molar-refractivity contribution >= 4 is 44.8 Å². The third-order valence-electron chi connectivity index (χ3n) is 5.90. The predicted molar refractivity (Wildman–Crippen MR) is 135 cm³/mol. The van der Waals surface area contributed by atoms with E-state index in [0.717, 1.165) is 21.3 Å². The zero-order valence-corrected chi connectivity index (χ0v) is 21.5. The first kappa shape index (κ1) is 22.6. The highest BCUT2D eigenvalue weighted by Gasteiger charge is 2.30. The first-order valence-corrected chi connectivity index (χ1v) is 12.3. The highest BCUT2D eigenvalue weighted by Crippen LogP contribution is 2.37. The van der Waals surface area contributed by atoms with Gasteiger partial charge in [0.15, 0.2) is 22.1 Å². The quantitative estimate of drug-likeness (QED) is 0.508. The number of rotatable bonds is 4. The fourth-order valence-electron chi connectivity index (χ4n) is 4.23. The molecule has 0 amide bonds. The summed E-state index contributed by atoms with van der Waals surface area (Å²) in [5.74, 6) is 1.19. The summed E-state index contributed by atoms with van der Waals surface area (Å²) in [6.45, 7) is 3.52. The minimum atomic E-state index is -0.535. The molecule has 3 heterocycles. The van der Waals surface area contributed by atoms with Gasteiger partial charge in [0.2, 0.25) is 6.79 Å². The van der Waals surface area contributed by atoms with E-state index in [2.05, 4.69) is 20.9 Å². The van der Waals surface area contributed by atoms with E-state index in [1.807, 2.05) is 68.4 Å². The SMILES string of the molecule is CC(=O)C1=C(C)N=c2sc(=Cc3cc4c(cc3Br)OCO4)c(=O)n2C1c1ccc(N(C)C)cc1. The number of carbonyl (C=O) groups is 1. The number of ether oxygens (including phenoxy) is 2. The molecule has 5 rings (SSSR count). The topological polar surface area (TPSA) is 73.1 Å². The molecule has 2 aliphatic heterocycles. The number of thiazole rings is 1. The molecule has 0 N–H and O–H groups in total. The van der Waals surface area contributed by atoms with Gasteiger partial charge in [-0.25, -0.2) is 4.99 Å². The zero-order chi connectivity index (χ0) is 24.1. The second-order valence-corrected chi connectivity index (χ2v) is 10.2. The van der Waals surface area contributed by atoms with Gasteiger partial charge in [-0.1, -0.05) is 39.4 Å². The molecule has 7 nitrogen and oxygen atoms in total. The normalized spacial score (nSPS) is 17.0. The van der Waals surface area contributed by atoms with Crippen molar-refractivity contribution in [1.29, 1.82) is 0 Å². The van der Waals surface area contributed by atoms with E-state index in [1.165, 1.54) is 18.3 Å². The molecule has 9 heteroatoms. The summed E-state index contributed by atoms with van der Waals surface area (Å²) in [6, 6.07) is 11.0. The summed E-state index contributed by atoms with van der Waals surface area (Å²) in [7, 11) is 3.94. The summed E-state index contributed by atoms with van der Waals surface area (Å²) < 4.78 is 13.9. The number of hydrogen-bond donors (Lipinski definition) is 0. The van der Waals surface area contributed by atoms with Crippen LogP contribution in [0.1, 0.15) is 31.0 Å².